The molecule has 0 saturated heterocycles. The molecule has 8 aliphatic heterocycles. The van der Waals surface area contributed by atoms with E-state index in [0.29, 0.717) is 212 Å². The Balaban J connectivity index is 0.000000210. The average molecular weight is 2100 g/mol. The van der Waals surface area contributed by atoms with Crippen LogP contribution in [0.15, 0.2) is 192 Å². The molecular weight excluding hydrogens is 1960 g/mol. The van der Waals surface area contributed by atoms with Gasteiger partial charge in [-0.15, -0.1) is 0 Å². The Hall–Kier alpha value is -12.7. The zero-order valence-electron chi connectivity index (χ0n) is 85.6. The molecule has 29 nitrogen and oxygen atoms in total. The number of fused-ring (bicyclic) bond motifs is 12. The maximum absolute atomic E-state index is 14.2. The fourth-order valence-electron chi connectivity index (χ4n) is 20.1. The molecule has 10 aromatic rings. The molecule has 0 aromatic heterocycles. The van der Waals surface area contributed by atoms with Crippen LogP contribution in [0.2, 0.25) is 14.8 Å². The monoisotopic (exact) mass is 2100 g/mol. The third-order valence-corrected chi connectivity index (χ3v) is 27.7. The van der Waals surface area contributed by atoms with Crippen LogP contribution >= 0.6 is 0 Å². The molecule has 146 heavy (non-hydrogen) atoms. The summed E-state index contributed by atoms with van der Waals surface area (Å²) in [6, 6.07) is 60.7. The second-order valence-corrected chi connectivity index (χ2v) is 47.1. The first-order valence-corrected chi connectivity index (χ1v) is 59.1. The quantitative estimate of drug-likeness (QED) is 0.0211. The van der Waals surface area contributed by atoms with Crippen LogP contribution in [0.5, 0.6) is 34.5 Å². The maximum atomic E-state index is 14.2. The second-order valence-electron chi connectivity index (χ2n) is 38.5. The van der Waals surface area contributed by atoms with E-state index >= 15 is 0 Å². The van der Waals surface area contributed by atoms with Crippen molar-refractivity contribution in [1.82, 2.24) is 19.6 Å². The SMILES string of the molecule is COCCOCCOCCN(CCCC(=O)O)c1cc(COc2cc3c(cc2C)C(=O)N2Cc4ccccc4C[C@H]2C=N3)cc(COc2cc3c(cc2OC)C(=O)N2Cc4ccccc4C[C@H]2CC3)c1.COCCOCCOCCN(CCCC(=O)OC)c1cc(COc2cc3c(cc2C)C(=O)N2Cc4ccccc4C[C@H]2C=N3)cc(COc2cc3c(cc2OC)C(=O)N2Cc4ccccc4C[C@H]2CC3)c1.O.[CH3][Sn]([CH3])[CH3]. The minimum absolute atomic E-state index is 0. The van der Waals surface area contributed by atoms with Crippen LogP contribution in [0.4, 0.5) is 22.7 Å². The van der Waals surface area contributed by atoms with Crippen molar-refractivity contribution in [3.63, 3.8) is 0 Å². The third-order valence-electron chi connectivity index (χ3n) is 27.7. The number of esters is 1. The Labute approximate surface area is 863 Å². The summed E-state index contributed by atoms with van der Waals surface area (Å²) in [5.74, 6) is 2.08. The fraction of sp³-hybridized carbons (Fsp3) is 0.414. The Morgan fingerprint density at radius 3 is 1.08 bits per heavy atom. The number of carbonyl (C=O) groups excluding carboxylic acids is 5. The first-order valence-electron chi connectivity index (χ1n) is 50.5. The van der Waals surface area contributed by atoms with Gasteiger partial charge in [0.1, 0.15) is 37.9 Å². The van der Waals surface area contributed by atoms with E-state index < -0.39 is 25.7 Å². The predicted molar refractivity (Wildman–Crippen MR) is 563 cm³/mol. The number of aliphatic carboxylic acids is 1. The van der Waals surface area contributed by atoms with Gasteiger partial charge >= 0.3 is 46.5 Å². The van der Waals surface area contributed by atoms with Crippen molar-refractivity contribution in [2.24, 2.45) is 9.98 Å². The predicted octanol–water partition coefficient (Wildman–Crippen LogP) is 17.3. The number of nitrogens with zero attached hydrogens (tertiary/aromatic N) is 8. The molecule has 18 rings (SSSR count). The van der Waals surface area contributed by atoms with Gasteiger partial charge < -0.3 is 102 Å². The summed E-state index contributed by atoms with van der Waals surface area (Å²) >= 11 is -0.543. The molecule has 0 saturated carbocycles. The van der Waals surface area contributed by atoms with Crippen molar-refractivity contribution >= 4 is 90.5 Å². The number of aliphatic imine (C=N–C) groups is 2. The number of carboxylic acid groups (broad SMARTS) is 1. The van der Waals surface area contributed by atoms with E-state index in [2.05, 4.69) is 110 Å². The fourth-order valence-corrected chi connectivity index (χ4v) is 20.1. The summed E-state index contributed by atoms with van der Waals surface area (Å²) < 4.78 is 76.6. The van der Waals surface area contributed by atoms with Gasteiger partial charge in [-0.25, -0.2) is 0 Å². The Bertz CT molecular complexity index is 6310. The molecule has 1 radical (unpaired) electrons. The number of carbonyl (C=O) groups is 6. The van der Waals surface area contributed by atoms with Gasteiger partial charge in [-0.05, 0) is 240 Å². The van der Waals surface area contributed by atoms with Crippen LogP contribution in [-0.4, -0.2) is 250 Å². The van der Waals surface area contributed by atoms with Crippen molar-refractivity contribution in [2.75, 3.05) is 138 Å². The van der Waals surface area contributed by atoms with Crippen LogP contribution < -0.4 is 38.2 Å². The Kier molecular flexibility index (Phi) is 38.3. The minimum atomic E-state index is -0.860. The number of amides is 4. The summed E-state index contributed by atoms with van der Waals surface area (Å²) in [6.07, 6.45) is 11.3. The van der Waals surface area contributed by atoms with Crippen molar-refractivity contribution in [3.05, 3.63) is 293 Å². The number of hydrogen-bond donors (Lipinski definition) is 1. The zero-order chi connectivity index (χ0) is 101. The number of rotatable bonds is 42. The molecule has 771 valence electrons. The van der Waals surface area contributed by atoms with Crippen LogP contribution in [0, 0.1) is 13.8 Å². The average Bonchev–Trinajstić information content (AvgIpc) is 1.60. The summed E-state index contributed by atoms with van der Waals surface area (Å²) in [6.45, 7) is 13.5. The van der Waals surface area contributed by atoms with Gasteiger partial charge in [-0.1, -0.05) is 97.1 Å². The molecule has 30 heteroatoms. The molecular formula is C116H137N8O21Sn. The zero-order valence-corrected chi connectivity index (χ0v) is 88.5. The number of hydrogen-bond acceptors (Lipinski definition) is 23. The number of benzene rings is 10. The molecule has 4 atom stereocenters. The van der Waals surface area contributed by atoms with Crippen LogP contribution in [0.1, 0.15) is 169 Å². The van der Waals surface area contributed by atoms with Crippen molar-refractivity contribution < 1.29 is 101 Å². The van der Waals surface area contributed by atoms with E-state index in [4.69, 9.17) is 71.6 Å². The number of aryl methyl sites for hydroxylation is 4. The Morgan fingerprint density at radius 2 is 0.712 bits per heavy atom. The topological polar surface area (TPSA) is 318 Å². The molecule has 0 unspecified atom stereocenters. The second kappa shape index (κ2) is 52.1. The molecule has 0 aliphatic carbocycles. The number of anilines is 2. The molecule has 4 amide bonds. The molecule has 8 heterocycles. The van der Waals surface area contributed by atoms with Gasteiger partial charge in [0.05, 0.1) is 122 Å². The van der Waals surface area contributed by atoms with Crippen molar-refractivity contribution in [3.8, 4) is 34.5 Å². The standard InChI is InChI=1S/C57H64N4O10.C56H62N4O10.3CH3.H2O.Sn/c1-38-24-50-51(58-33-48-29-42-11-6-8-13-45(42)35-61(48)57(50)64)32-52(38)70-36-39-25-40(27-47(26-39)59(17-9-14-55(62)67-4)18-19-68-22-23-69-21-20-65-2)37-71-54-30-43-15-16-46-28-41-10-5-7-12-44(41)34-60(46)56(63)49(43)31-53(54)66-3;1-37-23-49-50(57-32-47-28-41-10-5-7-12-44(41)34-60(47)56(49)64)31-51(37)69-35-38-24-39(26-46(25-38)58(16-8-13-54(61)62)17-18-67-21-22-68-20-19-65-2)36-70-53-29-42-14-15-45-27-40-9-4-6-11-43(40)33-59(45)55(63)48(42)30-52(53)66-3;;;;;/h5-8,10-13,24-27,30-33,46,48H,9,14-23,28-29,34-37H2,1-4H3;4-7,9-12,23-26,29-32,45,47H,8,13-22,27-28,33-36H2,1-3H3,(H,61,62);3*1H3;1H2;/t46-,48+;45-,47+;;;;;/m11...../s1. The Morgan fingerprint density at radius 1 is 0.377 bits per heavy atom. The summed E-state index contributed by atoms with van der Waals surface area (Å²) in [7, 11) is 7.86. The van der Waals surface area contributed by atoms with Gasteiger partial charge in [0.2, 0.25) is 0 Å². The van der Waals surface area contributed by atoms with E-state index in [1.807, 2.05) is 143 Å². The van der Waals surface area contributed by atoms with Gasteiger partial charge in [0.15, 0.2) is 23.0 Å². The normalized spacial score (nSPS) is 16.3. The molecule has 0 fully saturated rings. The number of ether oxygens (including phenoxy) is 13. The van der Waals surface area contributed by atoms with Gasteiger partial charge in [-0.3, -0.25) is 38.8 Å². The van der Waals surface area contributed by atoms with Crippen molar-refractivity contribution in [1.29, 1.82) is 0 Å². The summed E-state index contributed by atoms with van der Waals surface area (Å²) in [5.41, 5.74) is 22.0. The first-order chi connectivity index (χ1) is 70.6. The van der Waals surface area contributed by atoms with Crippen LogP contribution in [-0.2, 0) is 134 Å². The van der Waals surface area contributed by atoms with Crippen LogP contribution in [0.3, 0.4) is 0 Å². The summed E-state index contributed by atoms with van der Waals surface area (Å²) in [5, 5.41) is 9.57. The molecule has 3 N–H and O–H groups in total. The molecule has 10 aromatic carbocycles. The van der Waals surface area contributed by atoms with E-state index in [1.165, 1.54) is 40.5 Å². The van der Waals surface area contributed by atoms with E-state index in [1.54, 1.807) is 28.4 Å². The van der Waals surface area contributed by atoms with Crippen LogP contribution in [0.25, 0.3) is 0 Å². The van der Waals surface area contributed by atoms with E-state index in [0.717, 1.165) is 106 Å². The molecule has 0 spiro atoms. The van der Waals surface area contributed by atoms with E-state index in [-0.39, 0.29) is 98.5 Å². The third kappa shape index (κ3) is 27.4. The molecule has 8 aliphatic rings. The van der Waals surface area contributed by atoms with E-state index in [9.17, 15) is 33.9 Å². The van der Waals surface area contributed by atoms with Gasteiger partial charge in [-0.2, -0.15) is 0 Å². The number of carboxylic acids is 1. The van der Waals surface area contributed by atoms with Gasteiger partial charge in [0, 0.05) is 139 Å². The van der Waals surface area contributed by atoms with Gasteiger partial charge in [0.25, 0.3) is 23.6 Å². The summed E-state index contributed by atoms with van der Waals surface area (Å²) in [4.78, 5) is 109. The van der Waals surface area contributed by atoms with Crippen molar-refractivity contribution in [2.45, 2.75) is 182 Å². The first kappa shape index (κ1) is 108. The molecule has 0 bridgehead atoms. The number of methoxy groups -OCH3 is 5.